The molecule has 0 aromatic heterocycles. The van der Waals surface area contributed by atoms with Crippen LogP contribution in [0.25, 0.3) is 0 Å². The van der Waals surface area contributed by atoms with E-state index in [-0.39, 0.29) is 28.4 Å². The summed E-state index contributed by atoms with van der Waals surface area (Å²) in [4.78, 5) is 25.1. The zero-order valence-electron chi connectivity index (χ0n) is 17.5. The quantitative estimate of drug-likeness (QED) is 0.460. The molecule has 0 saturated heterocycles. The summed E-state index contributed by atoms with van der Waals surface area (Å²) in [6.45, 7) is 2.17. The van der Waals surface area contributed by atoms with Crippen LogP contribution in [0.4, 0.5) is 0 Å². The average Bonchev–Trinajstić information content (AvgIpc) is 2.71. The Labute approximate surface area is 173 Å². The molecule has 0 amide bonds. The second kappa shape index (κ2) is 10.6. The van der Waals surface area contributed by atoms with E-state index >= 15 is 0 Å². The van der Waals surface area contributed by atoms with Gasteiger partial charge in [0.05, 0.1) is 31.1 Å². The number of Topliss-reactive ketones (excluding diaryl/α,β-unsaturated/α-hetero) is 1. The molecular formula is C22H30O6S. The van der Waals surface area contributed by atoms with E-state index in [9.17, 15) is 18.0 Å². The van der Waals surface area contributed by atoms with Crippen molar-refractivity contribution in [3.8, 4) is 11.5 Å². The lowest BCUT2D eigenvalue weighted by Crippen LogP contribution is -2.25. The van der Waals surface area contributed by atoms with E-state index in [1.807, 2.05) is 0 Å². The number of hydrogen-bond donors (Lipinski definition) is 0. The first kappa shape index (κ1) is 23.1. The molecule has 0 radical (unpaired) electrons. The summed E-state index contributed by atoms with van der Waals surface area (Å²) in [6.07, 6.45) is 9.04. The molecule has 1 aromatic rings. The van der Waals surface area contributed by atoms with Gasteiger partial charge in [0.25, 0.3) is 0 Å². The number of hydrogen-bond acceptors (Lipinski definition) is 6. The monoisotopic (exact) mass is 422 g/mol. The molecule has 7 heteroatoms. The molecule has 0 saturated carbocycles. The lowest BCUT2D eigenvalue weighted by atomic mass is 9.93. The van der Waals surface area contributed by atoms with Gasteiger partial charge in [0.1, 0.15) is 16.4 Å². The van der Waals surface area contributed by atoms with Crippen LogP contribution in [0, 0.1) is 0 Å². The van der Waals surface area contributed by atoms with Crippen molar-refractivity contribution >= 4 is 21.4 Å². The molecule has 2 rings (SSSR count). The summed E-state index contributed by atoms with van der Waals surface area (Å²) in [7, 11) is -1.10. The summed E-state index contributed by atoms with van der Waals surface area (Å²) in [5, 5.41) is 0. The Bertz CT molecular complexity index is 883. The zero-order chi connectivity index (χ0) is 21.4. The van der Waals surface area contributed by atoms with Gasteiger partial charge >= 0.3 is 0 Å². The summed E-state index contributed by atoms with van der Waals surface area (Å²) < 4.78 is 35.9. The first-order valence-corrected chi connectivity index (χ1v) is 11.8. The molecule has 1 aliphatic carbocycles. The molecular weight excluding hydrogens is 392 g/mol. The van der Waals surface area contributed by atoms with Crippen LogP contribution in [0.5, 0.6) is 11.5 Å². The molecule has 1 aromatic carbocycles. The molecule has 0 spiro atoms. The van der Waals surface area contributed by atoms with Gasteiger partial charge < -0.3 is 9.47 Å². The van der Waals surface area contributed by atoms with E-state index in [4.69, 9.17) is 9.47 Å². The van der Waals surface area contributed by atoms with Crippen LogP contribution in [-0.2, 0) is 9.84 Å². The number of fused-ring (bicyclic) bond motifs is 1. The number of rotatable bonds is 12. The van der Waals surface area contributed by atoms with Crippen LogP contribution in [0.3, 0.4) is 0 Å². The standard InChI is InChI=1S/C22H30O6S/c1-4-5-6-7-8-9-10-11-14-29(25,26)19-15-16(23)20-17(27-2)12-13-18(28-3)21(20)22(19)24/h12-13,15H,4-11,14H2,1-3H3. The highest BCUT2D eigenvalue weighted by atomic mass is 32.2. The third kappa shape index (κ3) is 5.47. The summed E-state index contributed by atoms with van der Waals surface area (Å²) in [5.41, 5.74) is -0.00303. The smallest absolute Gasteiger partial charge is 0.209 e. The van der Waals surface area contributed by atoms with Crippen LogP contribution in [-0.4, -0.2) is 40.0 Å². The lowest BCUT2D eigenvalue weighted by Gasteiger charge is -2.20. The van der Waals surface area contributed by atoms with Gasteiger partial charge in [0, 0.05) is 6.08 Å². The van der Waals surface area contributed by atoms with Crippen molar-refractivity contribution in [2.24, 2.45) is 0 Å². The van der Waals surface area contributed by atoms with E-state index in [1.54, 1.807) is 0 Å². The second-order valence-corrected chi connectivity index (χ2v) is 9.29. The van der Waals surface area contributed by atoms with Crippen molar-refractivity contribution in [2.45, 2.75) is 58.3 Å². The minimum atomic E-state index is -3.86. The summed E-state index contributed by atoms with van der Waals surface area (Å²) >= 11 is 0. The number of ether oxygens (including phenoxy) is 2. The van der Waals surface area contributed by atoms with Crippen molar-refractivity contribution < 1.29 is 27.5 Å². The Balaban J connectivity index is 2.10. The number of carbonyl (C=O) groups is 2. The Kier molecular flexibility index (Phi) is 8.44. The van der Waals surface area contributed by atoms with Crippen molar-refractivity contribution in [1.29, 1.82) is 0 Å². The minimum absolute atomic E-state index is 0.0443. The van der Waals surface area contributed by atoms with Gasteiger partial charge in [-0.25, -0.2) is 8.42 Å². The molecule has 0 fully saturated rings. The normalized spacial score (nSPS) is 13.8. The van der Waals surface area contributed by atoms with E-state index < -0.39 is 26.3 Å². The van der Waals surface area contributed by atoms with Gasteiger partial charge in [-0.3, -0.25) is 9.59 Å². The van der Waals surface area contributed by atoms with Crippen molar-refractivity contribution in [1.82, 2.24) is 0 Å². The Morgan fingerprint density at radius 1 is 0.793 bits per heavy atom. The molecule has 0 N–H and O–H groups in total. The predicted molar refractivity (Wildman–Crippen MR) is 113 cm³/mol. The number of sulfone groups is 1. The number of benzene rings is 1. The van der Waals surface area contributed by atoms with Crippen LogP contribution >= 0.6 is 0 Å². The first-order chi connectivity index (χ1) is 13.9. The second-order valence-electron chi connectivity index (χ2n) is 7.22. The maximum atomic E-state index is 13.0. The van der Waals surface area contributed by atoms with Gasteiger partial charge in [-0.05, 0) is 18.6 Å². The number of carbonyl (C=O) groups excluding carboxylic acids is 2. The van der Waals surface area contributed by atoms with Gasteiger partial charge in [-0.15, -0.1) is 0 Å². The SMILES string of the molecule is CCCCCCCCCCS(=O)(=O)C1=CC(=O)c2c(OC)ccc(OC)c2C1=O. The van der Waals surface area contributed by atoms with Crippen molar-refractivity contribution in [2.75, 3.05) is 20.0 Å². The Morgan fingerprint density at radius 3 is 1.86 bits per heavy atom. The number of methoxy groups -OCH3 is 2. The molecule has 29 heavy (non-hydrogen) atoms. The topological polar surface area (TPSA) is 86.7 Å². The highest BCUT2D eigenvalue weighted by molar-refractivity contribution is 7.96. The van der Waals surface area contributed by atoms with Crippen LogP contribution in [0.1, 0.15) is 79.0 Å². The van der Waals surface area contributed by atoms with E-state index in [1.165, 1.54) is 45.6 Å². The molecule has 6 nitrogen and oxygen atoms in total. The fourth-order valence-electron chi connectivity index (χ4n) is 3.52. The molecule has 0 aliphatic heterocycles. The maximum Gasteiger partial charge on any atom is 0.209 e. The Morgan fingerprint density at radius 2 is 1.31 bits per heavy atom. The van der Waals surface area contributed by atoms with Crippen LogP contribution < -0.4 is 9.47 Å². The average molecular weight is 423 g/mol. The maximum absolute atomic E-state index is 13.0. The molecule has 0 heterocycles. The molecule has 160 valence electrons. The third-order valence-electron chi connectivity index (χ3n) is 5.13. The molecule has 0 atom stereocenters. The van der Waals surface area contributed by atoms with Crippen LogP contribution in [0.2, 0.25) is 0 Å². The summed E-state index contributed by atoms with van der Waals surface area (Å²) in [6, 6.07) is 3.02. The van der Waals surface area contributed by atoms with Gasteiger partial charge in [0.15, 0.2) is 15.6 Å². The minimum Gasteiger partial charge on any atom is -0.496 e. The zero-order valence-corrected chi connectivity index (χ0v) is 18.3. The molecule has 1 aliphatic rings. The third-order valence-corrected chi connectivity index (χ3v) is 6.93. The fourth-order valence-corrected chi connectivity index (χ4v) is 5.00. The van der Waals surface area contributed by atoms with Crippen LogP contribution in [0.15, 0.2) is 23.1 Å². The van der Waals surface area contributed by atoms with Gasteiger partial charge in [-0.1, -0.05) is 51.9 Å². The van der Waals surface area contributed by atoms with Crippen molar-refractivity contribution in [3.05, 3.63) is 34.2 Å². The van der Waals surface area contributed by atoms with E-state index in [0.29, 0.717) is 6.42 Å². The lowest BCUT2D eigenvalue weighted by molar-refractivity contribution is 0.0985. The first-order valence-electron chi connectivity index (χ1n) is 10.2. The largest absolute Gasteiger partial charge is 0.496 e. The number of unbranched alkanes of at least 4 members (excludes halogenated alkanes) is 7. The molecule has 0 bridgehead atoms. The predicted octanol–water partition coefficient (Wildman–Crippen LogP) is 4.52. The highest BCUT2D eigenvalue weighted by Gasteiger charge is 2.37. The van der Waals surface area contributed by atoms with Crippen molar-refractivity contribution in [3.63, 3.8) is 0 Å². The van der Waals surface area contributed by atoms with E-state index in [2.05, 4.69) is 6.92 Å². The molecule has 0 unspecified atom stereocenters. The Hall–Kier alpha value is -2.15. The van der Waals surface area contributed by atoms with Gasteiger partial charge in [0.2, 0.25) is 5.78 Å². The highest BCUT2D eigenvalue weighted by Crippen LogP contribution is 2.37. The van der Waals surface area contributed by atoms with E-state index in [0.717, 1.165) is 31.8 Å². The number of ketones is 2. The van der Waals surface area contributed by atoms with Gasteiger partial charge in [-0.2, -0.15) is 0 Å². The fraction of sp³-hybridized carbons (Fsp3) is 0.545. The summed E-state index contributed by atoms with van der Waals surface area (Å²) in [5.74, 6) is -1.05. The number of allylic oxidation sites excluding steroid dienone is 2.